The molecule has 2 atom stereocenters. The van der Waals surface area contributed by atoms with Crippen molar-refractivity contribution in [3.8, 4) is 0 Å². The van der Waals surface area contributed by atoms with Crippen molar-refractivity contribution in [2.75, 3.05) is 24.2 Å². The minimum Gasteiger partial charge on any atom is -0.300 e. The topological polar surface area (TPSA) is 160 Å². The Balaban J connectivity index is 1.02. The molecule has 2 amide bonds. The van der Waals surface area contributed by atoms with Crippen molar-refractivity contribution in [2.45, 2.75) is 50.4 Å². The van der Waals surface area contributed by atoms with Gasteiger partial charge in [-0.2, -0.15) is 0 Å². The Morgan fingerprint density at radius 3 is 2.10 bits per heavy atom. The zero-order valence-electron chi connectivity index (χ0n) is 22.9. The van der Waals surface area contributed by atoms with Gasteiger partial charge in [-0.15, -0.1) is 20.4 Å². The Morgan fingerprint density at radius 1 is 0.905 bits per heavy atom. The van der Waals surface area contributed by atoms with E-state index in [1.807, 2.05) is 24.3 Å². The number of carbonyl (C=O) groups is 2. The fourth-order valence-electron chi connectivity index (χ4n) is 4.99. The van der Waals surface area contributed by atoms with Gasteiger partial charge < -0.3 is 10.6 Å². The lowest BCUT2D eigenvalue weighted by molar-refractivity contribution is -0.116. The van der Waals surface area contributed by atoms with Crippen molar-refractivity contribution >= 4 is 56.7 Å². The van der Waals surface area contributed by atoms with Gasteiger partial charge in [0.05, 0.1) is 36.5 Å². The minimum atomic E-state index is -0.193. The fraction of sp³-hybridized carbons (Fsp3) is 0.357. The number of nitrogens with one attached hydrogen (secondary N) is 2. The van der Waals surface area contributed by atoms with E-state index in [0.717, 1.165) is 59.1 Å². The first-order valence-electron chi connectivity index (χ1n) is 13.6. The second-order valence-electron chi connectivity index (χ2n) is 10.2. The summed E-state index contributed by atoms with van der Waals surface area (Å²) in [5.41, 5.74) is 4.31. The second kappa shape index (κ2) is 12.7. The molecule has 1 saturated carbocycles. The van der Waals surface area contributed by atoms with Crippen LogP contribution in [0.2, 0.25) is 0 Å². The smallest absolute Gasteiger partial charge is 0.232 e. The fourth-order valence-corrected chi connectivity index (χ4v) is 6.81. The molecule has 6 rings (SSSR count). The lowest BCUT2D eigenvalue weighted by Crippen LogP contribution is -2.15. The summed E-state index contributed by atoms with van der Waals surface area (Å²) in [7, 11) is 1.70. The minimum absolute atomic E-state index is 0.139. The summed E-state index contributed by atoms with van der Waals surface area (Å²) in [6, 6.07) is 7.49. The van der Waals surface area contributed by atoms with Crippen LogP contribution in [-0.4, -0.2) is 67.7 Å². The normalized spacial score (nSPS) is 18.1. The number of rotatable bonds is 10. The average molecular weight is 601 g/mol. The van der Waals surface area contributed by atoms with E-state index in [0.29, 0.717) is 21.7 Å². The lowest BCUT2D eigenvalue weighted by Gasteiger charge is -2.25. The maximum Gasteiger partial charge on any atom is 0.232 e. The summed E-state index contributed by atoms with van der Waals surface area (Å²) in [5.74, 6) is 0.0661. The molecule has 1 aliphatic carbocycles. The molecule has 0 spiro atoms. The molecule has 1 aliphatic heterocycles. The van der Waals surface area contributed by atoms with E-state index in [-0.39, 0.29) is 36.5 Å². The molecule has 0 saturated heterocycles. The predicted molar refractivity (Wildman–Crippen MR) is 162 cm³/mol. The molecule has 0 bridgehead atoms. The number of pyridine rings is 2. The number of hydrogen-bond acceptors (Lipinski definition) is 12. The molecule has 1 fully saturated rings. The molecule has 12 nitrogen and oxygen atoms in total. The number of nitrogens with zero attached hydrogens (tertiary/aromatic N) is 8. The zero-order valence-corrected chi connectivity index (χ0v) is 24.5. The van der Waals surface area contributed by atoms with Crippen LogP contribution in [-0.2, 0) is 22.4 Å². The highest BCUT2D eigenvalue weighted by Gasteiger charge is 2.29. The van der Waals surface area contributed by atoms with Gasteiger partial charge >= 0.3 is 0 Å². The molecule has 2 N–H and O–H groups in total. The molecule has 4 aromatic rings. The molecular formula is C28H28N10O2S2. The highest BCUT2D eigenvalue weighted by Crippen LogP contribution is 2.43. The van der Waals surface area contributed by atoms with E-state index in [1.54, 1.807) is 25.7 Å². The molecule has 0 radical (unpaired) electrons. The quantitative estimate of drug-likeness (QED) is 0.260. The molecule has 5 heterocycles. The van der Waals surface area contributed by atoms with Crippen LogP contribution in [0.4, 0.5) is 10.3 Å². The number of anilines is 2. The molecule has 0 aromatic carbocycles. The summed E-state index contributed by atoms with van der Waals surface area (Å²) in [4.78, 5) is 42.0. The third kappa shape index (κ3) is 7.12. The first kappa shape index (κ1) is 27.8. The predicted octanol–water partition coefficient (Wildman–Crippen LogP) is 3.83. The van der Waals surface area contributed by atoms with Gasteiger partial charge in [0.15, 0.2) is 0 Å². The Labute approximate surface area is 249 Å². The number of amides is 2. The van der Waals surface area contributed by atoms with Crippen molar-refractivity contribution in [3.05, 3.63) is 69.2 Å². The summed E-state index contributed by atoms with van der Waals surface area (Å²) < 4.78 is 0. The molecule has 14 heteroatoms. The summed E-state index contributed by atoms with van der Waals surface area (Å²) in [6.07, 6.45) is 9.27. The van der Waals surface area contributed by atoms with Crippen molar-refractivity contribution in [2.24, 2.45) is 9.98 Å². The van der Waals surface area contributed by atoms with E-state index >= 15 is 0 Å². The molecule has 4 aromatic heterocycles. The molecule has 0 unspecified atom stereocenters. The Hall–Kier alpha value is -4.30. The molecule has 2 aliphatic rings. The lowest BCUT2D eigenvalue weighted by atomic mass is 9.82. The third-order valence-electron chi connectivity index (χ3n) is 7.01. The van der Waals surface area contributed by atoms with Crippen LogP contribution in [0, 0.1) is 0 Å². The highest BCUT2D eigenvalue weighted by atomic mass is 32.1. The number of aromatic nitrogens is 6. The van der Waals surface area contributed by atoms with Crippen LogP contribution in [0.15, 0.2) is 46.6 Å². The van der Waals surface area contributed by atoms with Gasteiger partial charge in [-0.05, 0) is 49.1 Å². The van der Waals surface area contributed by atoms with Crippen LogP contribution in [0.3, 0.4) is 0 Å². The van der Waals surface area contributed by atoms with Gasteiger partial charge in [0.2, 0.25) is 22.1 Å². The summed E-state index contributed by atoms with van der Waals surface area (Å²) in [5, 5.41) is 25.7. The van der Waals surface area contributed by atoms with Gasteiger partial charge in [0, 0.05) is 43.1 Å². The van der Waals surface area contributed by atoms with Gasteiger partial charge in [-0.25, -0.2) is 0 Å². The van der Waals surface area contributed by atoms with Crippen molar-refractivity contribution in [1.82, 2.24) is 30.4 Å². The Kier molecular flexibility index (Phi) is 8.42. The SMILES string of the molecule is CN=Cc1ccnc(CC(=O)Nc2nnc([C@H]3CCC[C@H](c4nnc(NC(=O)Cc5cc(C6=NC6)ccn5)s4)C3)s2)c1. The van der Waals surface area contributed by atoms with Crippen LogP contribution < -0.4 is 10.6 Å². The third-order valence-corrected chi connectivity index (χ3v) is 9.02. The van der Waals surface area contributed by atoms with E-state index in [1.165, 1.54) is 22.7 Å². The maximum atomic E-state index is 12.6. The first-order valence-corrected chi connectivity index (χ1v) is 15.3. The number of hydrogen-bond donors (Lipinski definition) is 2. The Bertz CT molecular complexity index is 1660. The van der Waals surface area contributed by atoms with Gasteiger partial charge in [-0.1, -0.05) is 29.1 Å². The van der Waals surface area contributed by atoms with Gasteiger partial charge in [0.25, 0.3) is 0 Å². The first-order chi connectivity index (χ1) is 20.5. The van der Waals surface area contributed by atoms with Crippen molar-refractivity contribution < 1.29 is 9.59 Å². The van der Waals surface area contributed by atoms with Crippen LogP contribution in [0.1, 0.15) is 70.0 Å². The van der Waals surface area contributed by atoms with Crippen LogP contribution in [0.5, 0.6) is 0 Å². The second-order valence-corrected chi connectivity index (χ2v) is 12.2. The standard InChI is InChI=1S/C28H28N10O2S2/c1-29-14-16-5-7-30-20(9-16)12-23(39)33-27-37-35-25(41-27)18-3-2-4-19(10-18)26-36-38-28(42-26)34-24(40)13-21-11-17(6-8-31-21)22-15-32-22/h5-9,11,14,18-19H,2-4,10,12-13,15H2,1H3,(H,33,37,39)(H,34,38,40)/t18-,19-/m0/s1. The van der Waals surface area contributed by atoms with Crippen LogP contribution >= 0.6 is 22.7 Å². The van der Waals surface area contributed by atoms with E-state index in [2.05, 4.69) is 51.0 Å². The zero-order chi connectivity index (χ0) is 28.9. The maximum absolute atomic E-state index is 12.6. The number of carbonyl (C=O) groups excluding carboxylic acids is 2. The molecular weight excluding hydrogens is 573 g/mol. The van der Waals surface area contributed by atoms with Gasteiger partial charge in [-0.3, -0.25) is 29.5 Å². The highest BCUT2D eigenvalue weighted by molar-refractivity contribution is 7.15. The van der Waals surface area contributed by atoms with Crippen molar-refractivity contribution in [3.63, 3.8) is 0 Å². The van der Waals surface area contributed by atoms with Crippen molar-refractivity contribution in [1.29, 1.82) is 0 Å². The van der Waals surface area contributed by atoms with E-state index in [9.17, 15) is 9.59 Å². The van der Waals surface area contributed by atoms with E-state index < -0.39 is 0 Å². The van der Waals surface area contributed by atoms with E-state index in [4.69, 9.17) is 0 Å². The van der Waals surface area contributed by atoms with Crippen LogP contribution in [0.25, 0.3) is 0 Å². The molecule has 42 heavy (non-hydrogen) atoms. The van der Waals surface area contributed by atoms with Gasteiger partial charge in [0.1, 0.15) is 10.0 Å². The monoisotopic (exact) mass is 600 g/mol. The molecule has 214 valence electrons. The Morgan fingerprint density at radius 2 is 1.50 bits per heavy atom. The average Bonchev–Trinajstić information content (AvgIpc) is 3.57. The summed E-state index contributed by atoms with van der Waals surface area (Å²) in [6.45, 7) is 0.755. The largest absolute Gasteiger partial charge is 0.300 e. The summed E-state index contributed by atoms with van der Waals surface area (Å²) >= 11 is 2.82. The number of aliphatic imine (C=N–C) groups is 2.